The summed E-state index contributed by atoms with van der Waals surface area (Å²) in [6, 6.07) is 27.0. The first-order valence-electron chi connectivity index (χ1n) is 10.1. The molecule has 0 fully saturated rings. The molecule has 3 aromatic rings. The number of hydrogen-bond acceptors (Lipinski definition) is 4. The number of para-hydroxylation sites is 2. The van der Waals surface area contributed by atoms with Gasteiger partial charge in [-0.2, -0.15) is 0 Å². The molecular formula is C25H24N2O3S. The molecule has 6 heteroatoms. The van der Waals surface area contributed by atoms with Crippen LogP contribution in [-0.4, -0.2) is 43.5 Å². The zero-order valence-corrected chi connectivity index (χ0v) is 18.3. The van der Waals surface area contributed by atoms with Gasteiger partial charge in [-0.1, -0.05) is 60.7 Å². The Morgan fingerprint density at radius 2 is 1.55 bits per heavy atom. The number of nitrogens with zero attached hydrogens (tertiary/aromatic N) is 2. The minimum Gasteiger partial charge on any atom is -0.476 e. The third kappa shape index (κ3) is 4.59. The number of likely N-dealkylation sites (N-methyl/N-ethyl adjacent to an activating group) is 1. The third-order valence-corrected chi connectivity index (χ3v) is 6.33. The lowest BCUT2D eigenvalue weighted by Gasteiger charge is -2.36. The normalized spacial score (nSPS) is 16.1. The first-order chi connectivity index (χ1) is 15.0. The summed E-state index contributed by atoms with van der Waals surface area (Å²) in [5.41, 5.74) is 1.60. The van der Waals surface area contributed by atoms with Crippen molar-refractivity contribution in [3.63, 3.8) is 0 Å². The molecule has 158 valence electrons. The van der Waals surface area contributed by atoms with Gasteiger partial charge in [0.05, 0.1) is 12.2 Å². The van der Waals surface area contributed by atoms with Crippen LogP contribution in [0, 0.1) is 0 Å². The number of anilines is 1. The minimum atomic E-state index is -0.744. The molecule has 31 heavy (non-hydrogen) atoms. The van der Waals surface area contributed by atoms with E-state index in [1.165, 1.54) is 16.7 Å². The van der Waals surface area contributed by atoms with Crippen molar-refractivity contribution in [1.82, 2.24) is 4.90 Å². The second-order valence-corrected chi connectivity index (χ2v) is 8.66. The fraction of sp³-hybridized carbons (Fsp3) is 0.200. The highest BCUT2D eigenvalue weighted by Crippen LogP contribution is 2.41. The predicted octanol–water partition coefficient (Wildman–Crippen LogP) is 4.40. The topological polar surface area (TPSA) is 49.9 Å². The summed E-state index contributed by atoms with van der Waals surface area (Å²) in [6.07, 6.45) is -0.744. The summed E-state index contributed by atoms with van der Waals surface area (Å²) in [5.74, 6) is 0.297. The highest BCUT2D eigenvalue weighted by molar-refractivity contribution is 8.00. The molecule has 1 heterocycles. The molecule has 1 aliphatic rings. The van der Waals surface area contributed by atoms with Crippen LogP contribution in [0.25, 0.3) is 0 Å². The van der Waals surface area contributed by atoms with Gasteiger partial charge in [-0.3, -0.25) is 9.59 Å². The zero-order valence-electron chi connectivity index (χ0n) is 17.5. The lowest BCUT2D eigenvalue weighted by molar-refractivity contribution is -0.136. The van der Waals surface area contributed by atoms with Gasteiger partial charge in [0, 0.05) is 19.0 Å². The fourth-order valence-corrected chi connectivity index (χ4v) is 4.63. The Hall–Kier alpha value is -3.25. The van der Waals surface area contributed by atoms with E-state index in [0.717, 1.165) is 10.5 Å². The predicted molar refractivity (Wildman–Crippen MR) is 123 cm³/mol. The van der Waals surface area contributed by atoms with Gasteiger partial charge in [-0.05, 0) is 29.8 Å². The van der Waals surface area contributed by atoms with Crippen LogP contribution in [0.3, 0.4) is 0 Å². The Balaban J connectivity index is 1.72. The second kappa shape index (κ2) is 9.27. The van der Waals surface area contributed by atoms with E-state index >= 15 is 0 Å². The maximum absolute atomic E-state index is 13.9. The molecule has 0 radical (unpaired) electrons. The van der Waals surface area contributed by atoms with Crippen molar-refractivity contribution < 1.29 is 14.3 Å². The van der Waals surface area contributed by atoms with E-state index in [-0.39, 0.29) is 18.4 Å². The molecule has 0 aromatic heterocycles. The number of ether oxygens (including phenoxy) is 1. The van der Waals surface area contributed by atoms with E-state index in [0.29, 0.717) is 11.4 Å². The van der Waals surface area contributed by atoms with Crippen molar-refractivity contribution in [2.45, 2.75) is 16.2 Å². The van der Waals surface area contributed by atoms with Crippen molar-refractivity contribution in [3.05, 3.63) is 90.5 Å². The zero-order chi connectivity index (χ0) is 21.8. The van der Waals surface area contributed by atoms with Gasteiger partial charge >= 0.3 is 0 Å². The maximum Gasteiger partial charge on any atom is 0.265 e. The Bertz CT molecular complexity index is 1060. The molecule has 2 amide bonds. The molecule has 4 rings (SSSR count). The smallest absolute Gasteiger partial charge is 0.265 e. The van der Waals surface area contributed by atoms with E-state index in [2.05, 4.69) is 0 Å². The fourth-order valence-electron chi connectivity index (χ4n) is 3.53. The van der Waals surface area contributed by atoms with Crippen molar-refractivity contribution >= 4 is 29.3 Å². The monoisotopic (exact) mass is 432 g/mol. The average molecular weight is 433 g/mol. The molecule has 1 aliphatic heterocycles. The van der Waals surface area contributed by atoms with Crippen molar-refractivity contribution in [1.29, 1.82) is 0 Å². The number of benzene rings is 3. The van der Waals surface area contributed by atoms with Crippen LogP contribution in [0.15, 0.2) is 89.8 Å². The quantitative estimate of drug-likeness (QED) is 0.561. The Morgan fingerprint density at radius 1 is 0.935 bits per heavy atom. The maximum atomic E-state index is 13.9. The number of hydrogen-bond donors (Lipinski definition) is 0. The molecule has 0 N–H and O–H groups in total. The lowest BCUT2D eigenvalue weighted by atomic mass is 10.1. The van der Waals surface area contributed by atoms with E-state index in [9.17, 15) is 9.59 Å². The standard InChI is InChI=1S/C25H24N2O3S/c1-26(2)24(28)22-17-27(20-15-9-10-16-21(20)30-22)25(29)23(18-11-5-3-6-12-18)31-19-13-7-4-8-14-19/h3-16,22-23H,17H2,1-2H3/t22-,23-/m0/s1. The van der Waals surface area contributed by atoms with Crippen LogP contribution in [0.4, 0.5) is 5.69 Å². The Labute approximate surface area is 186 Å². The largest absolute Gasteiger partial charge is 0.476 e. The molecule has 2 atom stereocenters. The minimum absolute atomic E-state index is 0.0765. The van der Waals surface area contributed by atoms with E-state index in [4.69, 9.17) is 4.74 Å². The van der Waals surface area contributed by atoms with Crippen molar-refractivity contribution in [3.8, 4) is 5.75 Å². The molecule has 0 bridgehead atoms. The summed E-state index contributed by atoms with van der Waals surface area (Å²) in [6.45, 7) is 0.172. The summed E-state index contributed by atoms with van der Waals surface area (Å²) < 4.78 is 5.95. The molecule has 0 saturated carbocycles. The van der Waals surface area contributed by atoms with Gasteiger partial charge < -0.3 is 14.5 Å². The summed E-state index contributed by atoms with van der Waals surface area (Å²) >= 11 is 1.51. The molecule has 0 aliphatic carbocycles. The Morgan fingerprint density at radius 3 is 2.23 bits per heavy atom. The Kier molecular flexibility index (Phi) is 6.28. The van der Waals surface area contributed by atoms with Crippen molar-refractivity contribution in [2.24, 2.45) is 0 Å². The first-order valence-corrected chi connectivity index (χ1v) is 11.0. The van der Waals surface area contributed by atoms with Crippen LogP contribution >= 0.6 is 11.8 Å². The summed E-state index contributed by atoms with van der Waals surface area (Å²) in [7, 11) is 3.38. The number of amides is 2. The number of rotatable bonds is 5. The first kappa shape index (κ1) is 21.0. The molecule has 0 unspecified atom stereocenters. The molecule has 5 nitrogen and oxygen atoms in total. The number of carbonyl (C=O) groups excluding carboxylic acids is 2. The summed E-state index contributed by atoms with van der Waals surface area (Å²) in [4.78, 5) is 30.8. The average Bonchev–Trinajstić information content (AvgIpc) is 2.82. The lowest BCUT2D eigenvalue weighted by Crippen LogP contribution is -2.51. The van der Waals surface area contributed by atoms with Crippen LogP contribution in [0.5, 0.6) is 5.75 Å². The third-order valence-electron chi connectivity index (χ3n) is 5.08. The second-order valence-electron chi connectivity index (χ2n) is 7.48. The summed E-state index contributed by atoms with van der Waals surface area (Å²) in [5, 5.41) is -0.454. The SMILES string of the molecule is CN(C)C(=O)[C@@H]1CN(C(=O)[C@@H](Sc2ccccc2)c2ccccc2)c2ccccc2O1. The van der Waals surface area contributed by atoms with Crippen LogP contribution in [0.2, 0.25) is 0 Å². The number of carbonyl (C=O) groups is 2. The van der Waals surface area contributed by atoms with Gasteiger partial charge in [0.15, 0.2) is 6.10 Å². The van der Waals surface area contributed by atoms with E-state index < -0.39 is 11.4 Å². The van der Waals surface area contributed by atoms with Crippen molar-refractivity contribution in [2.75, 3.05) is 25.5 Å². The van der Waals surface area contributed by atoms with Gasteiger partial charge in [0.2, 0.25) is 5.91 Å². The number of fused-ring (bicyclic) bond motifs is 1. The molecule has 0 saturated heterocycles. The highest BCUT2D eigenvalue weighted by Gasteiger charge is 2.37. The van der Waals surface area contributed by atoms with Gasteiger partial charge in [-0.15, -0.1) is 11.8 Å². The number of thioether (sulfide) groups is 1. The van der Waals surface area contributed by atoms with E-state index in [1.54, 1.807) is 25.1 Å². The van der Waals surface area contributed by atoms with Crippen LogP contribution < -0.4 is 9.64 Å². The van der Waals surface area contributed by atoms with Crippen LogP contribution in [0.1, 0.15) is 10.8 Å². The molecular weight excluding hydrogens is 408 g/mol. The van der Waals surface area contributed by atoms with Gasteiger partial charge in [-0.25, -0.2) is 0 Å². The van der Waals surface area contributed by atoms with Crippen LogP contribution in [-0.2, 0) is 9.59 Å². The molecule has 0 spiro atoms. The van der Waals surface area contributed by atoms with E-state index in [1.807, 2.05) is 78.9 Å². The molecule has 3 aromatic carbocycles. The van der Waals surface area contributed by atoms with Gasteiger partial charge in [0.1, 0.15) is 11.0 Å². The highest BCUT2D eigenvalue weighted by atomic mass is 32.2. The van der Waals surface area contributed by atoms with Gasteiger partial charge in [0.25, 0.3) is 5.91 Å².